The zero-order chi connectivity index (χ0) is 17.2. The summed E-state index contributed by atoms with van der Waals surface area (Å²) in [5.41, 5.74) is 4.09. The summed E-state index contributed by atoms with van der Waals surface area (Å²) < 4.78 is 5.83. The molecule has 4 rings (SSSR count). The van der Waals surface area contributed by atoms with Crippen LogP contribution in [0.1, 0.15) is 13.8 Å². The molecule has 25 heavy (non-hydrogen) atoms. The molecule has 0 radical (unpaired) electrons. The summed E-state index contributed by atoms with van der Waals surface area (Å²) in [5, 5.41) is 4.19. The highest BCUT2D eigenvalue weighted by molar-refractivity contribution is 7.08. The van der Waals surface area contributed by atoms with E-state index in [1.807, 2.05) is 24.5 Å². The van der Waals surface area contributed by atoms with Crippen LogP contribution in [-0.4, -0.2) is 40.2 Å². The molecule has 1 saturated heterocycles. The molecule has 128 valence electrons. The van der Waals surface area contributed by atoms with Gasteiger partial charge in [-0.25, -0.2) is 9.97 Å². The molecular formula is C19H20N4OS. The molecule has 2 atom stereocenters. The summed E-state index contributed by atoms with van der Waals surface area (Å²) >= 11 is 1.67. The minimum Gasteiger partial charge on any atom is -0.372 e. The van der Waals surface area contributed by atoms with Gasteiger partial charge in [0.25, 0.3) is 0 Å². The van der Waals surface area contributed by atoms with Crippen LogP contribution in [0.15, 0.2) is 47.5 Å². The lowest BCUT2D eigenvalue weighted by Crippen LogP contribution is -2.46. The van der Waals surface area contributed by atoms with Crippen molar-refractivity contribution in [2.45, 2.75) is 26.1 Å². The molecule has 0 N–H and O–H groups in total. The number of hydrogen-bond donors (Lipinski definition) is 0. The highest BCUT2D eigenvalue weighted by atomic mass is 32.1. The molecule has 0 spiro atoms. The van der Waals surface area contributed by atoms with Crippen LogP contribution in [0.25, 0.3) is 22.4 Å². The van der Waals surface area contributed by atoms with Gasteiger partial charge in [-0.05, 0) is 48.4 Å². The molecule has 6 heteroatoms. The second-order valence-corrected chi connectivity index (χ2v) is 7.13. The number of aromatic nitrogens is 3. The lowest BCUT2D eigenvalue weighted by Gasteiger charge is -2.35. The predicted molar refractivity (Wildman–Crippen MR) is 101 cm³/mol. The van der Waals surface area contributed by atoms with Gasteiger partial charge in [0.15, 0.2) is 0 Å². The van der Waals surface area contributed by atoms with Crippen molar-refractivity contribution >= 4 is 17.3 Å². The molecule has 0 saturated carbocycles. The number of rotatable bonds is 3. The molecule has 5 nitrogen and oxygen atoms in total. The summed E-state index contributed by atoms with van der Waals surface area (Å²) in [6, 6.07) is 6.08. The topological polar surface area (TPSA) is 51.1 Å². The molecule has 0 unspecified atom stereocenters. The minimum atomic E-state index is 0.172. The molecule has 0 bridgehead atoms. The highest BCUT2D eigenvalue weighted by Crippen LogP contribution is 2.32. The number of pyridine rings is 1. The van der Waals surface area contributed by atoms with E-state index in [-0.39, 0.29) is 12.2 Å². The number of hydrogen-bond acceptors (Lipinski definition) is 6. The maximum absolute atomic E-state index is 5.83. The van der Waals surface area contributed by atoms with Crippen LogP contribution in [0.2, 0.25) is 0 Å². The zero-order valence-electron chi connectivity index (χ0n) is 14.3. The van der Waals surface area contributed by atoms with E-state index < -0.39 is 0 Å². The van der Waals surface area contributed by atoms with Crippen molar-refractivity contribution in [2.75, 3.05) is 18.0 Å². The van der Waals surface area contributed by atoms with Crippen LogP contribution < -0.4 is 4.90 Å². The average molecular weight is 352 g/mol. The smallest absolute Gasteiger partial charge is 0.226 e. The number of anilines is 1. The fraction of sp³-hybridized carbons (Fsp3) is 0.316. The maximum atomic E-state index is 5.83. The van der Waals surface area contributed by atoms with Crippen molar-refractivity contribution in [1.29, 1.82) is 0 Å². The summed E-state index contributed by atoms with van der Waals surface area (Å²) in [6.45, 7) is 5.78. The van der Waals surface area contributed by atoms with Crippen molar-refractivity contribution in [3.8, 4) is 22.4 Å². The first-order valence-corrected chi connectivity index (χ1v) is 9.35. The van der Waals surface area contributed by atoms with Gasteiger partial charge in [-0.3, -0.25) is 4.98 Å². The van der Waals surface area contributed by atoms with E-state index in [0.717, 1.165) is 41.4 Å². The fourth-order valence-electron chi connectivity index (χ4n) is 3.22. The van der Waals surface area contributed by atoms with Crippen LogP contribution >= 0.6 is 11.3 Å². The third kappa shape index (κ3) is 3.41. The zero-order valence-corrected chi connectivity index (χ0v) is 15.1. The molecule has 0 aliphatic carbocycles. The second kappa shape index (κ2) is 6.90. The van der Waals surface area contributed by atoms with Crippen LogP contribution in [0, 0.1) is 0 Å². The van der Waals surface area contributed by atoms with Gasteiger partial charge in [-0.2, -0.15) is 11.3 Å². The first-order valence-electron chi connectivity index (χ1n) is 8.41. The molecule has 4 heterocycles. The Morgan fingerprint density at radius 1 is 1.12 bits per heavy atom. The first-order chi connectivity index (χ1) is 12.2. The van der Waals surface area contributed by atoms with Gasteiger partial charge in [0, 0.05) is 42.8 Å². The Morgan fingerprint density at radius 3 is 2.64 bits per heavy atom. The lowest BCUT2D eigenvalue weighted by atomic mass is 10.0. The first kappa shape index (κ1) is 16.2. The maximum Gasteiger partial charge on any atom is 0.226 e. The standard InChI is InChI=1S/C19H20N4OS/c1-13-10-23(11-14(2)24-13)19-21-9-17(16-5-7-25-12-16)18(22-19)15-4-3-6-20-8-15/h3-9,12-14H,10-11H2,1-2H3/t13-,14-/m1/s1. The van der Waals surface area contributed by atoms with E-state index in [2.05, 4.69) is 45.5 Å². The van der Waals surface area contributed by atoms with Gasteiger partial charge in [0.2, 0.25) is 5.95 Å². The molecule has 1 aliphatic heterocycles. The molecule has 0 aromatic carbocycles. The van der Waals surface area contributed by atoms with Gasteiger partial charge in [-0.1, -0.05) is 0 Å². The Labute approximate surface area is 151 Å². The van der Waals surface area contributed by atoms with E-state index >= 15 is 0 Å². The molecule has 3 aromatic heterocycles. The van der Waals surface area contributed by atoms with Gasteiger partial charge >= 0.3 is 0 Å². The Morgan fingerprint density at radius 2 is 1.96 bits per heavy atom. The van der Waals surface area contributed by atoms with Crippen molar-refractivity contribution in [1.82, 2.24) is 15.0 Å². The quantitative estimate of drug-likeness (QED) is 0.716. The van der Waals surface area contributed by atoms with E-state index in [1.165, 1.54) is 0 Å². The SMILES string of the molecule is C[C@@H]1CN(c2ncc(-c3ccsc3)c(-c3cccnc3)n2)C[C@@H](C)O1. The van der Waals surface area contributed by atoms with E-state index in [1.54, 1.807) is 17.5 Å². The summed E-state index contributed by atoms with van der Waals surface area (Å²) in [6.07, 6.45) is 5.90. The van der Waals surface area contributed by atoms with Crippen molar-refractivity contribution in [3.63, 3.8) is 0 Å². The van der Waals surface area contributed by atoms with E-state index in [9.17, 15) is 0 Å². The lowest BCUT2D eigenvalue weighted by molar-refractivity contribution is -0.00571. The second-order valence-electron chi connectivity index (χ2n) is 6.35. The third-order valence-corrected chi connectivity index (χ3v) is 4.93. The molecule has 1 fully saturated rings. The third-order valence-electron chi connectivity index (χ3n) is 4.25. The van der Waals surface area contributed by atoms with E-state index in [0.29, 0.717) is 0 Å². The van der Waals surface area contributed by atoms with Crippen molar-refractivity contribution < 1.29 is 4.74 Å². The minimum absolute atomic E-state index is 0.172. The Kier molecular flexibility index (Phi) is 4.46. The Hall–Kier alpha value is -2.31. The highest BCUT2D eigenvalue weighted by Gasteiger charge is 2.25. The summed E-state index contributed by atoms with van der Waals surface area (Å²) in [4.78, 5) is 16.0. The normalized spacial score (nSPS) is 20.6. The molecule has 3 aromatic rings. The van der Waals surface area contributed by atoms with Crippen molar-refractivity contribution in [3.05, 3.63) is 47.5 Å². The Balaban J connectivity index is 1.78. The number of nitrogens with zero attached hydrogens (tertiary/aromatic N) is 4. The molecular weight excluding hydrogens is 332 g/mol. The van der Waals surface area contributed by atoms with Gasteiger partial charge in [0.1, 0.15) is 0 Å². The summed E-state index contributed by atoms with van der Waals surface area (Å²) in [7, 11) is 0. The number of thiophene rings is 1. The van der Waals surface area contributed by atoms with Gasteiger partial charge in [0.05, 0.1) is 17.9 Å². The number of morpholine rings is 1. The van der Waals surface area contributed by atoms with Crippen LogP contribution in [0.3, 0.4) is 0 Å². The van der Waals surface area contributed by atoms with Crippen LogP contribution in [-0.2, 0) is 4.74 Å². The van der Waals surface area contributed by atoms with Gasteiger partial charge < -0.3 is 9.64 Å². The largest absolute Gasteiger partial charge is 0.372 e. The Bertz CT molecular complexity index is 828. The monoisotopic (exact) mass is 352 g/mol. The van der Waals surface area contributed by atoms with Crippen LogP contribution in [0.4, 0.5) is 5.95 Å². The van der Waals surface area contributed by atoms with E-state index in [4.69, 9.17) is 9.72 Å². The van der Waals surface area contributed by atoms with Gasteiger partial charge in [-0.15, -0.1) is 0 Å². The molecule has 1 aliphatic rings. The fourth-order valence-corrected chi connectivity index (χ4v) is 3.87. The average Bonchev–Trinajstić information content (AvgIpc) is 3.16. The summed E-state index contributed by atoms with van der Waals surface area (Å²) in [5.74, 6) is 0.750. The van der Waals surface area contributed by atoms with Crippen LogP contribution in [0.5, 0.6) is 0 Å². The predicted octanol–water partition coefficient (Wildman–Crippen LogP) is 3.88. The van der Waals surface area contributed by atoms with Crippen molar-refractivity contribution in [2.24, 2.45) is 0 Å². The molecule has 0 amide bonds. The number of ether oxygens (including phenoxy) is 1.